The van der Waals surface area contributed by atoms with E-state index in [0.29, 0.717) is 11.1 Å². The molecule has 0 saturated carbocycles. The molecule has 0 bridgehead atoms. The van der Waals surface area contributed by atoms with E-state index in [2.05, 4.69) is 4.72 Å². The lowest BCUT2D eigenvalue weighted by molar-refractivity contribution is -0.141. The van der Waals surface area contributed by atoms with Crippen molar-refractivity contribution in [1.82, 2.24) is 4.72 Å². The summed E-state index contributed by atoms with van der Waals surface area (Å²) in [6, 6.07) is 0.294. The highest BCUT2D eigenvalue weighted by Gasteiger charge is 2.31. The Morgan fingerprint density at radius 1 is 1.14 bits per heavy atom. The smallest absolute Gasteiger partial charge is 0.324 e. The summed E-state index contributed by atoms with van der Waals surface area (Å²) in [5.41, 5.74) is 2.76. The number of aliphatic hydroxyl groups excluding tert-OH is 1. The number of carboxylic acids is 1. The van der Waals surface area contributed by atoms with Gasteiger partial charge in [-0.2, -0.15) is 4.72 Å². The number of nitrogens with one attached hydrogen (secondary N) is 1. The van der Waals surface area contributed by atoms with Crippen LogP contribution in [0.3, 0.4) is 0 Å². The number of carboxylic acid groups (broad SMARTS) is 1. The van der Waals surface area contributed by atoms with Crippen LogP contribution in [0.15, 0.2) is 11.0 Å². The molecule has 3 N–H and O–H groups in total. The van der Waals surface area contributed by atoms with Crippen LogP contribution in [-0.4, -0.2) is 36.7 Å². The van der Waals surface area contributed by atoms with Crippen LogP contribution in [0.1, 0.15) is 29.2 Å². The molecule has 1 aromatic rings. The fraction of sp³-hybridized carbons (Fsp3) is 0.500. The van der Waals surface area contributed by atoms with Crippen LogP contribution in [-0.2, 0) is 14.8 Å². The van der Waals surface area contributed by atoms with Crippen LogP contribution in [0.2, 0.25) is 0 Å². The van der Waals surface area contributed by atoms with Crippen LogP contribution in [0.5, 0.6) is 0 Å². The number of aliphatic hydroxyl groups is 1. The minimum absolute atomic E-state index is 0.0758. The standard InChI is InChI=1S/C14H21NO5S/c1-7-6-8(2)10(4)13(9(7)3)21(19,20)15-12(11(5)16)14(17)18/h6,11-12,15-16H,1-5H3,(H,17,18). The van der Waals surface area contributed by atoms with Gasteiger partial charge in [0.2, 0.25) is 10.0 Å². The first-order chi connectivity index (χ1) is 9.49. The second-order valence-corrected chi connectivity index (χ2v) is 6.92. The van der Waals surface area contributed by atoms with E-state index in [4.69, 9.17) is 5.11 Å². The molecule has 2 atom stereocenters. The largest absolute Gasteiger partial charge is 0.480 e. The third kappa shape index (κ3) is 3.61. The molecule has 7 heteroatoms. The lowest BCUT2D eigenvalue weighted by Gasteiger charge is -2.20. The third-order valence-electron chi connectivity index (χ3n) is 3.60. The first-order valence-corrected chi connectivity index (χ1v) is 7.98. The van der Waals surface area contributed by atoms with E-state index in [1.807, 2.05) is 6.07 Å². The van der Waals surface area contributed by atoms with E-state index in [1.54, 1.807) is 27.7 Å². The summed E-state index contributed by atoms with van der Waals surface area (Å²) in [5, 5.41) is 18.4. The second-order valence-electron chi connectivity index (χ2n) is 5.27. The van der Waals surface area contributed by atoms with E-state index < -0.39 is 28.1 Å². The molecule has 6 nitrogen and oxygen atoms in total. The van der Waals surface area contributed by atoms with Gasteiger partial charge < -0.3 is 10.2 Å². The fourth-order valence-electron chi connectivity index (χ4n) is 2.17. The predicted octanol–water partition coefficient (Wildman–Crippen LogP) is 1.03. The van der Waals surface area contributed by atoms with Crippen molar-refractivity contribution in [2.24, 2.45) is 0 Å². The number of hydrogen-bond donors (Lipinski definition) is 3. The number of sulfonamides is 1. The van der Waals surface area contributed by atoms with Gasteiger partial charge in [0.05, 0.1) is 11.0 Å². The molecule has 1 rings (SSSR count). The highest BCUT2D eigenvalue weighted by Crippen LogP contribution is 2.26. The summed E-state index contributed by atoms with van der Waals surface area (Å²) < 4.78 is 27.1. The van der Waals surface area contributed by atoms with Gasteiger partial charge in [0.25, 0.3) is 0 Å². The van der Waals surface area contributed by atoms with Crippen LogP contribution in [0.25, 0.3) is 0 Å². The minimum atomic E-state index is -4.05. The van der Waals surface area contributed by atoms with Gasteiger partial charge in [0.15, 0.2) is 0 Å². The van der Waals surface area contributed by atoms with Crippen LogP contribution in [0, 0.1) is 27.7 Å². The minimum Gasteiger partial charge on any atom is -0.480 e. The van der Waals surface area contributed by atoms with Crippen molar-refractivity contribution in [3.63, 3.8) is 0 Å². The molecule has 1 aromatic carbocycles. The molecule has 0 spiro atoms. The first-order valence-electron chi connectivity index (χ1n) is 6.49. The number of benzene rings is 1. The number of rotatable bonds is 5. The molecule has 0 aromatic heterocycles. The van der Waals surface area contributed by atoms with Gasteiger partial charge in [-0.1, -0.05) is 6.07 Å². The van der Waals surface area contributed by atoms with Gasteiger partial charge in [-0.25, -0.2) is 8.42 Å². The van der Waals surface area contributed by atoms with Gasteiger partial charge in [0.1, 0.15) is 6.04 Å². The normalized spacial score (nSPS) is 14.8. The van der Waals surface area contributed by atoms with E-state index in [-0.39, 0.29) is 4.90 Å². The molecule has 0 amide bonds. The molecule has 118 valence electrons. The average molecular weight is 315 g/mol. The third-order valence-corrected chi connectivity index (χ3v) is 5.31. The maximum atomic E-state index is 12.5. The average Bonchev–Trinajstić information content (AvgIpc) is 2.33. The zero-order valence-corrected chi connectivity index (χ0v) is 13.6. The molecule has 21 heavy (non-hydrogen) atoms. The summed E-state index contributed by atoms with van der Waals surface area (Å²) in [5.74, 6) is -1.42. The number of carbonyl (C=O) groups is 1. The van der Waals surface area contributed by atoms with E-state index >= 15 is 0 Å². The Hall–Kier alpha value is -1.44. The molecule has 0 fully saturated rings. The van der Waals surface area contributed by atoms with Crippen LogP contribution in [0.4, 0.5) is 0 Å². The number of aryl methyl sites for hydroxylation is 2. The first kappa shape index (κ1) is 17.6. The van der Waals surface area contributed by atoms with Gasteiger partial charge in [-0.05, 0) is 56.9 Å². The molecule has 0 aliphatic carbocycles. The van der Waals surface area contributed by atoms with Gasteiger partial charge in [-0.15, -0.1) is 0 Å². The van der Waals surface area contributed by atoms with E-state index in [9.17, 15) is 18.3 Å². The Labute approximate surface area is 124 Å². The topological polar surface area (TPSA) is 104 Å². The Morgan fingerprint density at radius 2 is 1.57 bits per heavy atom. The van der Waals surface area contributed by atoms with E-state index in [1.165, 1.54) is 6.92 Å². The maximum Gasteiger partial charge on any atom is 0.324 e. The van der Waals surface area contributed by atoms with Crippen molar-refractivity contribution in [3.8, 4) is 0 Å². The molecule has 0 aliphatic rings. The Balaban J connectivity index is 3.42. The summed E-state index contributed by atoms with van der Waals surface area (Å²) in [6.45, 7) is 8.17. The van der Waals surface area contributed by atoms with Crippen molar-refractivity contribution in [2.75, 3.05) is 0 Å². The fourth-order valence-corrected chi connectivity index (χ4v) is 4.04. The maximum absolute atomic E-state index is 12.5. The van der Waals surface area contributed by atoms with Crippen LogP contribution >= 0.6 is 0 Å². The molecular formula is C14H21NO5S. The molecule has 0 heterocycles. The number of aliphatic carboxylic acids is 1. The zero-order valence-electron chi connectivity index (χ0n) is 12.8. The Kier molecular flexibility index (Phi) is 5.14. The predicted molar refractivity (Wildman–Crippen MR) is 78.8 cm³/mol. The summed E-state index contributed by atoms with van der Waals surface area (Å²) >= 11 is 0. The number of hydrogen-bond acceptors (Lipinski definition) is 4. The molecule has 0 aliphatic heterocycles. The van der Waals surface area contributed by atoms with Crippen LogP contribution < -0.4 is 4.72 Å². The lowest BCUT2D eigenvalue weighted by Crippen LogP contribution is -2.47. The summed E-state index contributed by atoms with van der Waals surface area (Å²) in [6.07, 6.45) is -1.34. The zero-order chi connectivity index (χ0) is 16.5. The second kappa shape index (κ2) is 6.13. The van der Waals surface area contributed by atoms with Crippen molar-refractivity contribution in [3.05, 3.63) is 28.3 Å². The summed E-state index contributed by atoms with van der Waals surface area (Å²) in [7, 11) is -4.05. The molecule has 2 unspecified atom stereocenters. The molecular weight excluding hydrogens is 294 g/mol. The van der Waals surface area contributed by atoms with E-state index in [0.717, 1.165) is 11.1 Å². The van der Waals surface area contributed by atoms with Crippen molar-refractivity contribution in [1.29, 1.82) is 0 Å². The molecule has 0 radical (unpaired) electrons. The van der Waals surface area contributed by atoms with Gasteiger partial charge in [0, 0.05) is 0 Å². The highest BCUT2D eigenvalue weighted by atomic mass is 32.2. The Bertz CT molecular complexity index is 638. The summed E-state index contributed by atoms with van der Waals surface area (Å²) in [4.78, 5) is 11.1. The highest BCUT2D eigenvalue weighted by molar-refractivity contribution is 7.89. The van der Waals surface area contributed by atoms with Crippen molar-refractivity contribution >= 4 is 16.0 Å². The lowest BCUT2D eigenvalue weighted by atomic mass is 10.0. The van der Waals surface area contributed by atoms with Gasteiger partial charge >= 0.3 is 5.97 Å². The monoisotopic (exact) mass is 315 g/mol. The molecule has 0 saturated heterocycles. The Morgan fingerprint density at radius 3 is 1.90 bits per heavy atom. The van der Waals surface area contributed by atoms with Crippen molar-refractivity contribution < 1.29 is 23.4 Å². The van der Waals surface area contributed by atoms with Gasteiger partial charge in [-0.3, -0.25) is 4.79 Å². The van der Waals surface area contributed by atoms with Crippen molar-refractivity contribution in [2.45, 2.75) is 51.7 Å². The SMILES string of the molecule is Cc1cc(C)c(C)c(S(=O)(=O)NC(C(=O)O)C(C)O)c1C. The quantitative estimate of drug-likeness (QED) is 0.753.